The van der Waals surface area contributed by atoms with Crippen LogP contribution in [-0.2, 0) is 4.74 Å². The lowest BCUT2D eigenvalue weighted by Gasteiger charge is -2.12. The zero-order valence-corrected chi connectivity index (χ0v) is 10.2. The summed E-state index contributed by atoms with van der Waals surface area (Å²) in [7, 11) is 0. The predicted molar refractivity (Wildman–Crippen MR) is 64.5 cm³/mol. The van der Waals surface area contributed by atoms with Crippen molar-refractivity contribution < 1.29 is 4.74 Å². The minimum absolute atomic E-state index is 0.0497. The van der Waals surface area contributed by atoms with Crippen LogP contribution in [0.2, 0.25) is 10.0 Å². The maximum atomic E-state index is 5.97. The summed E-state index contributed by atoms with van der Waals surface area (Å²) < 4.78 is 5.24. The van der Waals surface area contributed by atoms with Crippen molar-refractivity contribution in [2.75, 3.05) is 13.2 Å². The van der Waals surface area contributed by atoms with Gasteiger partial charge in [-0.2, -0.15) is 0 Å². The highest BCUT2D eigenvalue weighted by molar-refractivity contribution is 6.42. The lowest BCUT2D eigenvalue weighted by Crippen LogP contribution is -2.13. The van der Waals surface area contributed by atoms with Gasteiger partial charge in [-0.05, 0) is 31.0 Å². The summed E-state index contributed by atoms with van der Waals surface area (Å²) in [6.45, 7) is 3.34. The summed E-state index contributed by atoms with van der Waals surface area (Å²) in [5.41, 5.74) is 6.96. The van der Waals surface area contributed by atoms with Gasteiger partial charge < -0.3 is 10.5 Å². The summed E-state index contributed by atoms with van der Waals surface area (Å²) >= 11 is 11.7. The first-order valence-electron chi connectivity index (χ1n) is 4.93. The molecule has 0 amide bonds. The van der Waals surface area contributed by atoms with Gasteiger partial charge in [0, 0.05) is 19.3 Å². The van der Waals surface area contributed by atoms with Crippen LogP contribution in [0.3, 0.4) is 0 Å². The molecule has 0 radical (unpaired) electrons. The molecule has 0 aliphatic heterocycles. The highest BCUT2D eigenvalue weighted by Crippen LogP contribution is 2.25. The summed E-state index contributed by atoms with van der Waals surface area (Å²) in [4.78, 5) is 0. The highest BCUT2D eigenvalue weighted by atomic mass is 35.5. The lowest BCUT2D eigenvalue weighted by molar-refractivity contribution is 0.140. The third-order valence-corrected chi connectivity index (χ3v) is 2.89. The summed E-state index contributed by atoms with van der Waals surface area (Å²) in [6, 6.07) is 5.41. The van der Waals surface area contributed by atoms with E-state index in [-0.39, 0.29) is 6.04 Å². The van der Waals surface area contributed by atoms with E-state index in [1.165, 1.54) is 0 Å². The van der Waals surface area contributed by atoms with E-state index < -0.39 is 0 Å². The molecule has 84 valence electrons. The molecule has 0 aliphatic carbocycles. The monoisotopic (exact) mass is 247 g/mol. The largest absolute Gasteiger partial charge is 0.382 e. The van der Waals surface area contributed by atoms with Crippen molar-refractivity contribution in [3.63, 3.8) is 0 Å². The van der Waals surface area contributed by atoms with Gasteiger partial charge in [0.05, 0.1) is 10.0 Å². The van der Waals surface area contributed by atoms with Crippen molar-refractivity contribution in [2.24, 2.45) is 5.73 Å². The molecule has 15 heavy (non-hydrogen) atoms. The number of benzene rings is 1. The minimum atomic E-state index is -0.0497. The molecule has 0 fully saturated rings. The van der Waals surface area contributed by atoms with Crippen molar-refractivity contribution in [1.29, 1.82) is 0 Å². The summed E-state index contributed by atoms with van der Waals surface area (Å²) in [5.74, 6) is 0. The maximum absolute atomic E-state index is 5.97. The molecule has 1 aromatic rings. The quantitative estimate of drug-likeness (QED) is 0.810. The van der Waals surface area contributed by atoms with E-state index in [1.54, 1.807) is 12.1 Å². The van der Waals surface area contributed by atoms with Crippen molar-refractivity contribution in [2.45, 2.75) is 19.4 Å². The molecule has 2 nitrogen and oxygen atoms in total. The van der Waals surface area contributed by atoms with E-state index in [2.05, 4.69) is 0 Å². The molecule has 0 spiro atoms. The van der Waals surface area contributed by atoms with E-state index in [1.807, 2.05) is 13.0 Å². The fraction of sp³-hybridized carbons (Fsp3) is 0.455. The molecule has 0 aromatic heterocycles. The van der Waals surface area contributed by atoms with Gasteiger partial charge in [-0.15, -0.1) is 0 Å². The second-order valence-electron chi connectivity index (χ2n) is 3.27. The number of ether oxygens (including phenoxy) is 1. The molecular weight excluding hydrogens is 233 g/mol. The van der Waals surface area contributed by atoms with Gasteiger partial charge in [-0.3, -0.25) is 0 Å². The van der Waals surface area contributed by atoms with Crippen LogP contribution in [-0.4, -0.2) is 13.2 Å². The fourth-order valence-corrected chi connectivity index (χ4v) is 1.57. The van der Waals surface area contributed by atoms with Crippen LogP contribution in [0.4, 0.5) is 0 Å². The highest BCUT2D eigenvalue weighted by Gasteiger charge is 2.07. The molecule has 0 bridgehead atoms. The smallest absolute Gasteiger partial charge is 0.0595 e. The van der Waals surface area contributed by atoms with Crippen LogP contribution >= 0.6 is 23.2 Å². The Labute approximate surface area is 100 Å². The van der Waals surface area contributed by atoms with E-state index in [0.29, 0.717) is 23.3 Å². The van der Waals surface area contributed by atoms with Crippen molar-refractivity contribution in [1.82, 2.24) is 0 Å². The molecule has 0 saturated heterocycles. The number of rotatable bonds is 5. The molecule has 4 heteroatoms. The van der Waals surface area contributed by atoms with Crippen LogP contribution < -0.4 is 5.73 Å². The van der Waals surface area contributed by atoms with E-state index >= 15 is 0 Å². The van der Waals surface area contributed by atoms with Crippen molar-refractivity contribution in [3.8, 4) is 0 Å². The minimum Gasteiger partial charge on any atom is -0.382 e. The number of nitrogens with two attached hydrogens (primary N) is 1. The Balaban J connectivity index is 2.57. The summed E-state index contributed by atoms with van der Waals surface area (Å²) in [6.07, 6.45) is 0.784. The first-order valence-corrected chi connectivity index (χ1v) is 5.69. The van der Waals surface area contributed by atoms with E-state index in [0.717, 1.165) is 12.0 Å². The first-order chi connectivity index (χ1) is 7.15. The number of halogens is 2. The normalized spacial score (nSPS) is 12.8. The van der Waals surface area contributed by atoms with Gasteiger partial charge in [0.2, 0.25) is 0 Å². The fourth-order valence-electron chi connectivity index (χ4n) is 1.26. The van der Waals surface area contributed by atoms with Crippen molar-refractivity contribution in [3.05, 3.63) is 33.8 Å². The topological polar surface area (TPSA) is 35.2 Å². The average Bonchev–Trinajstić information content (AvgIpc) is 2.22. The van der Waals surface area contributed by atoms with Gasteiger partial charge >= 0.3 is 0 Å². The number of hydrogen-bond acceptors (Lipinski definition) is 2. The Morgan fingerprint density at radius 3 is 2.67 bits per heavy atom. The van der Waals surface area contributed by atoms with Crippen LogP contribution in [0.5, 0.6) is 0 Å². The average molecular weight is 248 g/mol. The van der Waals surface area contributed by atoms with Crippen LogP contribution in [0.1, 0.15) is 24.9 Å². The van der Waals surface area contributed by atoms with Crippen LogP contribution in [0, 0.1) is 0 Å². The van der Waals surface area contributed by atoms with E-state index in [4.69, 9.17) is 33.7 Å². The van der Waals surface area contributed by atoms with Gasteiger partial charge in [0.25, 0.3) is 0 Å². The molecule has 1 rings (SSSR count). The molecule has 0 heterocycles. The van der Waals surface area contributed by atoms with Gasteiger partial charge in [-0.25, -0.2) is 0 Å². The Hall–Kier alpha value is -0.280. The summed E-state index contributed by atoms with van der Waals surface area (Å²) in [5, 5.41) is 1.10. The van der Waals surface area contributed by atoms with E-state index in [9.17, 15) is 0 Å². The van der Waals surface area contributed by atoms with Gasteiger partial charge in [0.1, 0.15) is 0 Å². The SMILES string of the molecule is CCOCCC(N)c1ccc(Cl)c(Cl)c1. The third kappa shape index (κ3) is 3.99. The lowest BCUT2D eigenvalue weighted by atomic mass is 10.1. The number of hydrogen-bond donors (Lipinski definition) is 1. The Bertz CT molecular complexity index is 317. The predicted octanol–water partition coefficient (Wildman–Crippen LogP) is 3.42. The second kappa shape index (κ2) is 6.33. The maximum Gasteiger partial charge on any atom is 0.0595 e. The molecular formula is C11H15Cl2NO. The molecule has 1 unspecified atom stereocenters. The van der Waals surface area contributed by atoms with Crippen LogP contribution in [0.15, 0.2) is 18.2 Å². The second-order valence-corrected chi connectivity index (χ2v) is 4.08. The Kier molecular flexibility index (Phi) is 5.40. The molecule has 1 atom stereocenters. The molecule has 0 aliphatic rings. The van der Waals surface area contributed by atoms with Crippen molar-refractivity contribution >= 4 is 23.2 Å². The zero-order chi connectivity index (χ0) is 11.3. The standard InChI is InChI=1S/C11H15Cl2NO/c1-2-15-6-5-11(14)8-3-4-9(12)10(13)7-8/h3-4,7,11H,2,5-6,14H2,1H3. The van der Waals surface area contributed by atoms with Gasteiger partial charge in [-0.1, -0.05) is 29.3 Å². The Morgan fingerprint density at radius 2 is 2.07 bits per heavy atom. The molecule has 0 saturated carbocycles. The van der Waals surface area contributed by atoms with Gasteiger partial charge in [0.15, 0.2) is 0 Å². The molecule has 1 aromatic carbocycles. The third-order valence-electron chi connectivity index (χ3n) is 2.15. The van der Waals surface area contributed by atoms with Crippen LogP contribution in [0.25, 0.3) is 0 Å². The first kappa shape index (κ1) is 12.8. The zero-order valence-electron chi connectivity index (χ0n) is 8.67. The molecule has 2 N–H and O–H groups in total. The Morgan fingerprint density at radius 1 is 1.33 bits per heavy atom.